The number of hydrogen-bond acceptors (Lipinski definition) is 5. The number of H-pyrrole nitrogens is 1. The predicted molar refractivity (Wildman–Crippen MR) is 151 cm³/mol. The van der Waals surface area contributed by atoms with Crippen LogP contribution in [0.25, 0.3) is 0 Å². The SMILES string of the molecule is CCC(CC)(c1ccc(C#CC2(O)CCCCC2)c(C)c1)c1ccc(OCCCCc2nnn[nH]2)c(C)c1. The van der Waals surface area contributed by atoms with Crippen molar-refractivity contribution in [1.29, 1.82) is 0 Å². The average molecular weight is 515 g/mol. The second kappa shape index (κ2) is 12.6. The second-order valence-electron chi connectivity index (χ2n) is 10.8. The molecule has 0 aliphatic heterocycles. The molecule has 0 spiro atoms. The maximum atomic E-state index is 10.8. The Kier molecular flexibility index (Phi) is 9.22. The molecule has 0 radical (unpaired) electrons. The fourth-order valence-electron chi connectivity index (χ4n) is 5.75. The molecule has 2 aromatic carbocycles. The van der Waals surface area contributed by atoms with Crippen molar-refractivity contribution in [3.63, 3.8) is 0 Å². The summed E-state index contributed by atoms with van der Waals surface area (Å²) in [6, 6.07) is 13.3. The fraction of sp³-hybridized carbons (Fsp3) is 0.531. The smallest absolute Gasteiger partial charge is 0.148 e. The normalized spacial score (nSPS) is 15.1. The molecule has 4 rings (SSSR count). The van der Waals surface area contributed by atoms with Crippen LogP contribution in [0.15, 0.2) is 36.4 Å². The molecule has 1 aliphatic rings. The van der Waals surface area contributed by atoms with Crippen LogP contribution in [0.2, 0.25) is 0 Å². The number of aromatic amines is 1. The van der Waals surface area contributed by atoms with Crippen molar-refractivity contribution in [2.24, 2.45) is 0 Å². The lowest BCUT2D eigenvalue weighted by Crippen LogP contribution is -2.29. The van der Waals surface area contributed by atoms with Gasteiger partial charge in [0.15, 0.2) is 0 Å². The van der Waals surface area contributed by atoms with Crippen LogP contribution in [0.4, 0.5) is 0 Å². The summed E-state index contributed by atoms with van der Waals surface area (Å²) in [5, 5.41) is 24.8. The zero-order valence-electron chi connectivity index (χ0n) is 23.4. The van der Waals surface area contributed by atoms with E-state index in [0.717, 1.165) is 80.5 Å². The molecule has 3 aromatic rings. The standard InChI is InChI=1S/C32H42N4O2/c1-5-32(6-2,27-14-13-26(24(3)22-27)17-20-31(37)18-9-7-10-19-31)28-15-16-29(25(4)23-28)38-21-11-8-12-30-33-35-36-34-30/h13-16,22-23,37H,5-12,18-19,21H2,1-4H3,(H,33,34,35,36). The van der Waals surface area contributed by atoms with E-state index in [0.29, 0.717) is 6.61 Å². The van der Waals surface area contributed by atoms with E-state index in [1.807, 2.05) is 0 Å². The molecule has 1 aromatic heterocycles. The maximum absolute atomic E-state index is 10.8. The number of aromatic nitrogens is 4. The Labute approximate surface area is 227 Å². The van der Waals surface area contributed by atoms with E-state index in [1.165, 1.54) is 23.1 Å². The summed E-state index contributed by atoms with van der Waals surface area (Å²) in [5.41, 5.74) is 5.07. The minimum atomic E-state index is -0.824. The van der Waals surface area contributed by atoms with Gasteiger partial charge in [-0.05, 0) is 110 Å². The third kappa shape index (κ3) is 6.45. The van der Waals surface area contributed by atoms with Crippen LogP contribution in [-0.4, -0.2) is 37.9 Å². The highest BCUT2D eigenvalue weighted by Gasteiger charge is 2.31. The first-order valence-electron chi connectivity index (χ1n) is 14.2. The molecule has 6 nitrogen and oxygen atoms in total. The lowest BCUT2D eigenvalue weighted by molar-refractivity contribution is 0.0610. The summed E-state index contributed by atoms with van der Waals surface area (Å²) >= 11 is 0. The minimum Gasteiger partial charge on any atom is -0.493 e. The molecule has 6 heteroatoms. The van der Waals surface area contributed by atoms with Crippen molar-refractivity contribution in [2.75, 3.05) is 6.61 Å². The van der Waals surface area contributed by atoms with Crippen molar-refractivity contribution in [3.8, 4) is 17.6 Å². The van der Waals surface area contributed by atoms with Gasteiger partial charge in [0.2, 0.25) is 0 Å². The molecule has 2 N–H and O–H groups in total. The van der Waals surface area contributed by atoms with E-state index in [1.54, 1.807) is 0 Å². The average Bonchev–Trinajstić information content (AvgIpc) is 3.44. The van der Waals surface area contributed by atoms with E-state index in [2.05, 4.69) is 96.6 Å². The van der Waals surface area contributed by atoms with Gasteiger partial charge in [0.25, 0.3) is 0 Å². The number of rotatable bonds is 10. The first-order valence-corrected chi connectivity index (χ1v) is 14.2. The highest BCUT2D eigenvalue weighted by atomic mass is 16.5. The summed E-state index contributed by atoms with van der Waals surface area (Å²) in [7, 11) is 0. The van der Waals surface area contributed by atoms with Crippen molar-refractivity contribution in [2.45, 2.75) is 103 Å². The minimum absolute atomic E-state index is 0.0767. The van der Waals surface area contributed by atoms with Gasteiger partial charge in [0.05, 0.1) is 6.61 Å². The summed E-state index contributed by atoms with van der Waals surface area (Å²) in [4.78, 5) is 0. The Morgan fingerprint density at radius 1 is 0.974 bits per heavy atom. The van der Waals surface area contributed by atoms with Crippen LogP contribution in [0.3, 0.4) is 0 Å². The number of unbranched alkanes of at least 4 members (excludes halogenated alkanes) is 1. The molecule has 38 heavy (non-hydrogen) atoms. The van der Waals surface area contributed by atoms with Crippen LogP contribution in [0.5, 0.6) is 5.75 Å². The van der Waals surface area contributed by atoms with Gasteiger partial charge in [-0.15, -0.1) is 5.10 Å². The topological polar surface area (TPSA) is 83.9 Å². The van der Waals surface area contributed by atoms with Crippen molar-refractivity contribution < 1.29 is 9.84 Å². The Hall–Kier alpha value is -3.17. The van der Waals surface area contributed by atoms with Crippen molar-refractivity contribution in [1.82, 2.24) is 20.6 Å². The Morgan fingerprint density at radius 2 is 1.68 bits per heavy atom. The second-order valence-corrected chi connectivity index (χ2v) is 10.8. The summed E-state index contributed by atoms with van der Waals surface area (Å²) in [6.07, 6.45) is 9.64. The van der Waals surface area contributed by atoms with Gasteiger partial charge in [-0.25, -0.2) is 5.10 Å². The van der Waals surface area contributed by atoms with Crippen LogP contribution in [0, 0.1) is 25.7 Å². The summed E-state index contributed by atoms with van der Waals surface area (Å²) in [6.45, 7) is 9.49. The zero-order valence-corrected chi connectivity index (χ0v) is 23.4. The molecule has 1 aliphatic carbocycles. The van der Waals surface area contributed by atoms with Gasteiger partial charge < -0.3 is 9.84 Å². The fourth-order valence-corrected chi connectivity index (χ4v) is 5.75. The monoisotopic (exact) mass is 514 g/mol. The van der Waals surface area contributed by atoms with Crippen LogP contribution in [-0.2, 0) is 11.8 Å². The number of nitrogens with zero attached hydrogens (tertiary/aromatic N) is 3. The Morgan fingerprint density at radius 3 is 2.32 bits per heavy atom. The van der Waals surface area contributed by atoms with Crippen LogP contribution < -0.4 is 4.74 Å². The third-order valence-electron chi connectivity index (χ3n) is 8.28. The molecule has 1 heterocycles. The predicted octanol–water partition coefficient (Wildman–Crippen LogP) is 6.37. The molecular weight excluding hydrogens is 472 g/mol. The number of ether oxygens (including phenoxy) is 1. The lowest BCUT2D eigenvalue weighted by atomic mass is 9.70. The number of nitrogens with one attached hydrogen (secondary N) is 1. The highest BCUT2D eigenvalue weighted by Crippen LogP contribution is 2.41. The summed E-state index contributed by atoms with van der Waals surface area (Å²) < 4.78 is 6.12. The van der Waals surface area contributed by atoms with Gasteiger partial charge >= 0.3 is 0 Å². The van der Waals surface area contributed by atoms with Gasteiger partial charge in [0, 0.05) is 17.4 Å². The Balaban J connectivity index is 1.47. The first kappa shape index (κ1) is 27.9. The van der Waals surface area contributed by atoms with Crippen molar-refractivity contribution in [3.05, 3.63) is 70.0 Å². The lowest BCUT2D eigenvalue weighted by Gasteiger charge is -2.34. The number of aliphatic hydroxyl groups is 1. The van der Waals surface area contributed by atoms with E-state index < -0.39 is 5.60 Å². The molecular formula is C32H42N4O2. The maximum Gasteiger partial charge on any atom is 0.148 e. The van der Waals surface area contributed by atoms with Gasteiger partial charge in [0.1, 0.15) is 17.2 Å². The Bertz CT molecular complexity index is 1250. The number of benzene rings is 2. The third-order valence-corrected chi connectivity index (χ3v) is 8.28. The van der Waals surface area contributed by atoms with E-state index in [4.69, 9.17) is 4.74 Å². The van der Waals surface area contributed by atoms with Gasteiger partial charge in [-0.2, -0.15) is 0 Å². The van der Waals surface area contributed by atoms with E-state index >= 15 is 0 Å². The molecule has 0 saturated heterocycles. The van der Waals surface area contributed by atoms with Crippen molar-refractivity contribution >= 4 is 0 Å². The van der Waals surface area contributed by atoms with Crippen LogP contribution >= 0.6 is 0 Å². The van der Waals surface area contributed by atoms with E-state index in [-0.39, 0.29) is 5.41 Å². The van der Waals surface area contributed by atoms with Gasteiger partial charge in [-0.3, -0.25) is 0 Å². The molecule has 0 amide bonds. The number of tetrazole rings is 1. The number of aryl methyl sites for hydroxylation is 3. The zero-order chi connectivity index (χ0) is 27.0. The first-order chi connectivity index (χ1) is 18.4. The van der Waals surface area contributed by atoms with Gasteiger partial charge in [-0.1, -0.05) is 56.4 Å². The molecule has 1 saturated carbocycles. The molecule has 0 atom stereocenters. The highest BCUT2D eigenvalue weighted by molar-refractivity contribution is 5.50. The van der Waals surface area contributed by atoms with E-state index in [9.17, 15) is 5.11 Å². The van der Waals surface area contributed by atoms with Crippen LogP contribution in [0.1, 0.15) is 105 Å². The quantitative estimate of drug-likeness (QED) is 0.243. The number of hydrogen-bond donors (Lipinski definition) is 2. The molecule has 202 valence electrons. The molecule has 1 fully saturated rings. The summed E-state index contributed by atoms with van der Waals surface area (Å²) in [5.74, 6) is 8.26. The molecule has 0 unspecified atom stereocenters. The largest absolute Gasteiger partial charge is 0.493 e. The molecule has 0 bridgehead atoms.